The predicted molar refractivity (Wildman–Crippen MR) is 79.6 cm³/mol. The lowest BCUT2D eigenvalue weighted by molar-refractivity contribution is -0.139. The Morgan fingerprint density at radius 3 is 2.48 bits per heavy atom. The number of benzene rings is 1. The molecule has 1 aliphatic carbocycles. The highest BCUT2D eigenvalue weighted by Gasteiger charge is 2.21. The number of carbonyl (C=O) groups excluding carboxylic acids is 2. The SMILES string of the molecule is O=C(NCC(O)Cc1ccccc1)C(=O)NC1CCCC1. The van der Waals surface area contributed by atoms with Crippen molar-refractivity contribution in [3.63, 3.8) is 0 Å². The monoisotopic (exact) mass is 290 g/mol. The van der Waals surface area contributed by atoms with Crippen LogP contribution in [0.2, 0.25) is 0 Å². The minimum atomic E-state index is -0.698. The van der Waals surface area contributed by atoms with Gasteiger partial charge in [0.25, 0.3) is 0 Å². The predicted octanol–water partition coefficient (Wildman–Crippen LogP) is 0.765. The quantitative estimate of drug-likeness (QED) is 0.701. The van der Waals surface area contributed by atoms with Crippen LogP contribution in [0.25, 0.3) is 0 Å². The van der Waals surface area contributed by atoms with Crippen molar-refractivity contribution in [2.24, 2.45) is 0 Å². The molecule has 0 aliphatic heterocycles. The van der Waals surface area contributed by atoms with Crippen molar-refractivity contribution in [2.75, 3.05) is 6.54 Å². The standard InChI is InChI=1S/C16H22N2O3/c19-14(10-12-6-2-1-3-7-12)11-17-15(20)16(21)18-13-8-4-5-9-13/h1-3,6-7,13-14,19H,4-5,8-11H2,(H,17,20)(H,18,21). The van der Waals surface area contributed by atoms with Crippen LogP contribution >= 0.6 is 0 Å². The van der Waals surface area contributed by atoms with Gasteiger partial charge in [0.2, 0.25) is 0 Å². The van der Waals surface area contributed by atoms with Gasteiger partial charge in [0.05, 0.1) is 6.10 Å². The highest BCUT2D eigenvalue weighted by atomic mass is 16.3. The Balaban J connectivity index is 1.69. The van der Waals surface area contributed by atoms with Gasteiger partial charge in [-0.05, 0) is 18.4 Å². The molecule has 1 atom stereocenters. The third-order valence-corrected chi connectivity index (χ3v) is 3.71. The van der Waals surface area contributed by atoms with Crippen molar-refractivity contribution in [1.82, 2.24) is 10.6 Å². The second-order valence-corrected chi connectivity index (χ2v) is 5.51. The zero-order valence-corrected chi connectivity index (χ0v) is 12.0. The molecule has 0 heterocycles. The van der Waals surface area contributed by atoms with Gasteiger partial charge < -0.3 is 15.7 Å². The van der Waals surface area contributed by atoms with Crippen LogP contribution < -0.4 is 10.6 Å². The van der Waals surface area contributed by atoms with Crippen LogP contribution in [-0.2, 0) is 16.0 Å². The number of nitrogens with one attached hydrogen (secondary N) is 2. The van der Waals surface area contributed by atoms with Crippen molar-refractivity contribution in [3.05, 3.63) is 35.9 Å². The number of rotatable bonds is 5. The molecule has 114 valence electrons. The third kappa shape index (κ3) is 5.19. The zero-order chi connectivity index (χ0) is 15.1. The molecule has 0 aromatic heterocycles. The van der Waals surface area contributed by atoms with Gasteiger partial charge in [0.15, 0.2) is 0 Å². The number of aliphatic hydroxyl groups excluding tert-OH is 1. The van der Waals surface area contributed by atoms with Crippen LogP contribution in [0, 0.1) is 0 Å². The maximum Gasteiger partial charge on any atom is 0.309 e. The minimum absolute atomic E-state index is 0.0752. The Hall–Kier alpha value is -1.88. The smallest absolute Gasteiger partial charge is 0.309 e. The summed E-state index contributed by atoms with van der Waals surface area (Å²) in [4.78, 5) is 23.3. The van der Waals surface area contributed by atoms with Crippen molar-refractivity contribution in [2.45, 2.75) is 44.2 Å². The summed E-state index contributed by atoms with van der Waals surface area (Å²) in [6.07, 6.45) is 3.83. The van der Waals surface area contributed by atoms with Crippen LogP contribution in [0.15, 0.2) is 30.3 Å². The van der Waals surface area contributed by atoms with E-state index in [9.17, 15) is 14.7 Å². The van der Waals surface area contributed by atoms with Crippen molar-refractivity contribution < 1.29 is 14.7 Å². The molecule has 1 aromatic rings. The fraction of sp³-hybridized carbons (Fsp3) is 0.500. The molecule has 0 saturated heterocycles. The van der Waals surface area contributed by atoms with Gasteiger partial charge in [-0.15, -0.1) is 0 Å². The molecule has 21 heavy (non-hydrogen) atoms. The van der Waals surface area contributed by atoms with Gasteiger partial charge >= 0.3 is 11.8 Å². The van der Waals surface area contributed by atoms with E-state index in [0.717, 1.165) is 31.2 Å². The molecule has 5 heteroatoms. The van der Waals surface area contributed by atoms with Gasteiger partial charge in [0.1, 0.15) is 0 Å². The fourth-order valence-electron chi connectivity index (χ4n) is 2.57. The lowest BCUT2D eigenvalue weighted by Gasteiger charge is -2.14. The Bertz CT molecular complexity index is 470. The molecule has 1 aromatic carbocycles. The third-order valence-electron chi connectivity index (χ3n) is 3.71. The summed E-state index contributed by atoms with van der Waals surface area (Å²) in [6, 6.07) is 9.66. The number of aliphatic hydroxyl groups is 1. The number of carbonyl (C=O) groups is 2. The first-order valence-electron chi connectivity index (χ1n) is 7.46. The van der Waals surface area contributed by atoms with Crippen molar-refractivity contribution >= 4 is 11.8 Å². The highest BCUT2D eigenvalue weighted by molar-refractivity contribution is 6.35. The first kappa shape index (κ1) is 15.5. The normalized spacial score (nSPS) is 16.4. The van der Waals surface area contributed by atoms with E-state index in [2.05, 4.69) is 10.6 Å². The average Bonchev–Trinajstić information content (AvgIpc) is 2.98. The Morgan fingerprint density at radius 1 is 1.14 bits per heavy atom. The molecular formula is C16H22N2O3. The van der Waals surface area contributed by atoms with Gasteiger partial charge in [0, 0.05) is 19.0 Å². The molecule has 0 spiro atoms. The molecular weight excluding hydrogens is 268 g/mol. The highest BCUT2D eigenvalue weighted by Crippen LogP contribution is 2.17. The summed E-state index contributed by atoms with van der Waals surface area (Å²) in [5.74, 6) is -1.28. The van der Waals surface area contributed by atoms with Crippen LogP contribution in [0.1, 0.15) is 31.2 Å². The number of amides is 2. The lowest BCUT2D eigenvalue weighted by atomic mass is 10.1. The first-order valence-corrected chi connectivity index (χ1v) is 7.46. The van der Waals surface area contributed by atoms with Crippen LogP contribution in [0.4, 0.5) is 0 Å². The van der Waals surface area contributed by atoms with Crippen LogP contribution in [-0.4, -0.2) is 35.6 Å². The van der Waals surface area contributed by atoms with Gasteiger partial charge in [-0.1, -0.05) is 43.2 Å². The van der Waals surface area contributed by atoms with E-state index in [0.29, 0.717) is 6.42 Å². The average molecular weight is 290 g/mol. The molecule has 1 saturated carbocycles. The van der Waals surface area contributed by atoms with Crippen molar-refractivity contribution in [1.29, 1.82) is 0 Å². The molecule has 1 fully saturated rings. The van der Waals surface area contributed by atoms with E-state index < -0.39 is 17.9 Å². The number of hydrogen-bond acceptors (Lipinski definition) is 3. The van der Waals surface area contributed by atoms with E-state index in [4.69, 9.17) is 0 Å². The van der Waals surface area contributed by atoms with Crippen LogP contribution in [0.5, 0.6) is 0 Å². The molecule has 5 nitrogen and oxygen atoms in total. The molecule has 0 radical (unpaired) electrons. The molecule has 1 aliphatic rings. The summed E-state index contributed by atoms with van der Waals surface area (Å²) in [5, 5.41) is 15.1. The zero-order valence-electron chi connectivity index (χ0n) is 12.0. The summed E-state index contributed by atoms with van der Waals surface area (Å²) >= 11 is 0. The Labute approximate surface area is 124 Å². The van der Waals surface area contributed by atoms with E-state index >= 15 is 0 Å². The molecule has 2 amide bonds. The largest absolute Gasteiger partial charge is 0.391 e. The molecule has 3 N–H and O–H groups in total. The van der Waals surface area contributed by atoms with Gasteiger partial charge in [-0.25, -0.2) is 0 Å². The van der Waals surface area contributed by atoms with E-state index in [-0.39, 0.29) is 12.6 Å². The Kier molecular flexibility index (Phi) is 5.75. The fourth-order valence-corrected chi connectivity index (χ4v) is 2.57. The first-order chi connectivity index (χ1) is 10.1. The van der Waals surface area contributed by atoms with Gasteiger partial charge in [-0.2, -0.15) is 0 Å². The lowest BCUT2D eigenvalue weighted by Crippen LogP contribution is -2.45. The summed E-state index contributed by atoms with van der Waals surface area (Å²) in [5.41, 5.74) is 0.995. The number of hydrogen-bond donors (Lipinski definition) is 3. The molecule has 1 unspecified atom stereocenters. The van der Waals surface area contributed by atoms with E-state index in [1.165, 1.54) is 0 Å². The van der Waals surface area contributed by atoms with Crippen molar-refractivity contribution in [3.8, 4) is 0 Å². The van der Waals surface area contributed by atoms with E-state index in [1.54, 1.807) is 0 Å². The summed E-state index contributed by atoms with van der Waals surface area (Å²) < 4.78 is 0. The minimum Gasteiger partial charge on any atom is -0.391 e. The topological polar surface area (TPSA) is 78.4 Å². The summed E-state index contributed by atoms with van der Waals surface area (Å²) in [6.45, 7) is 0.0752. The van der Waals surface area contributed by atoms with Gasteiger partial charge in [-0.3, -0.25) is 9.59 Å². The molecule has 0 bridgehead atoms. The molecule has 2 rings (SSSR count). The second kappa shape index (κ2) is 7.78. The second-order valence-electron chi connectivity index (χ2n) is 5.51. The summed E-state index contributed by atoms with van der Waals surface area (Å²) in [7, 11) is 0. The van der Waals surface area contributed by atoms with Crippen LogP contribution in [0.3, 0.4) is 0 Å². The maximum atomic E-state index is 11.7. The Morgan fingerprint density at radius 2 is 1.81 bits per heavy atom. The maximum absolute atomic E-state index is 11.7. The van der Waals surface area contributed by atoms with E-state index in [1.807, 2.05) is 30.3 Å².